The van der Waals surface area contributed by atoms with Crippen LogP contribution < -0.4 is 5.32 Å². The zero-order valence-corrected chi connectivity index (χ0v) is 14.9. The first-order valence-corrected chi connectivity index (χ1v) is 9.18. The van der Waals surface area contributed by atoms with Gasteiger partial charge >= 0.3 is 6.09 Å². The van der Waals surface area contributed by atoms with Gasteiger partial charge in [-0.15, -0.1) is 0 Å². The lowest BCUT2D eigenvalue weighted by molar-refractivity contribution is -0.127. The Morgan fingerprint density at radius 3 is 2.30 bits per heavy atom. The normalized spacial score (nSPS) is 21.5. The highest BCUT2D eigenvalue weighted by molar-refractivity contribution is 5.79. The quantitative estimate of drug-likeness (QED) is 0.863. The molecule has 0 aromatic rings. The van der Waals surface area contributed by atoms with Crippen molar-refractivity contribution in [2.75, 3.05) is 19.7 Å². The molecule has 5 nitrogen and oxygen atoms in total. The fourth-order valence-corrected chi connectivity index (χ4v) is 3.84. The summed E-state index contributed by atoms with van der Waals surface area (Å²) in [5, 5.41) is 3.04. The van der Waals surface area contributed by atoms with Crippen molar-refractivity contribution in [1.82, 2.24) is 10.2 Å². The minimum atomic E-state index is -0.160. The fraction of sp³-hybridized carbons (Fsp3) is 0.889. The lowest BCUT2D eigenvalue weighted by Crippen LogP contribution is -2.46. The molecular formula is C18H32N2O3. The molecule has 1 N–H and O–H groups in total. The predicted octanol–water partition coefficient (Wildman–Crippen LogP) is 3.33. The molecule has 0 aromatic heterocycles. The molecule has 5 heteroatoms. The van der Waals surface area contributed by atoms with Gasteiger partial charge in [-0.3, -0.25) is 4.79 Å². The molecule has 0 bridgehead atoms. The Morgan fingerprint density at radius 2 is 1.78 bits per heavy atom. The van der Waals surface area contributed by atoms with E-state index in [1.54, 1.807) is 0 Å². The Balaban J connectivity index is 1.77. The number of hydrogen-bond donors (Lipinski definition) is 1. The van der Waals surface area contributed by atoms with Crippen LogP contribution in [0.25, 0.3) is 0 Å². The summed E-state index contributed by atoms with van der Waals surface area (Å²) in [4.78, 5) is 25.9. The number of rotatable bonds is 4. The molecule has 1 heterocycles. The van der Waals surface area contributed by atoms with E-state index in [2.05, 4.69) is 5.32 Å². The van der Waals surface area contributed by atoms with Gasteiger partial charge in [-0.2, -0.15) is 0 Å². The largest absolute Gasteiger partial charge is 0.449 e. The predicted molar refractivity (Wildman–Crippen MR) is 90.1 cm³/mol. The van der Waals surface area contributed by atoms with Gasteiger partial charge in [0.1, 0.15) is 0 Å². The maximum absolute atomic E-state index is 12.1. The number of carbonyl (C=O) groups is 2. The standard InChI is InChI=1S/C18H32N2O3/c1-4-13-23-17(22)20-11-9-18(10-12-20)7-5-15(6-8-18)16(21)19-14(2)3/h14-15H,4-13H2,1-3H3,(H,19,21). The van der Waals surface area contributed by atoms with Crippen LogP contribution in [-0.2, 0) is 9.53 Å². The number of hydrogen-bond acceptors (Lipinski definition) is 3. The molecule has 23 heavy (non-hydrogen) atoms. The molecule has 1 spiro atoms. The molecule has 0 atom stereocenters. The van der Waals surface area contributed by atoms with Crippen LogP contribution in [0, 0.1) is 11.3 Å². The number of piperidine rings is 1. The van der Waals surface area contributed by atoms with Gasteiger partial charge in [0, 0.05) is 25.0 Å². The molecule has 0 radical (unpaired) electrons. The van der Waals surface area contributed by atoms with Crippen LogP contribution in [-0.4, -0.2) is 42.6 Å². The molecule has 1 saturated carbocycles. The van der Waals surface area contributed by atoms with Crippen molar-refractivity contribution in [1.29, 1.82) is 0 Å². The Kier molecular flexibility index (Phi) is 6.31. The van der Waals surface area contributed by atoms with Crippen LogP contribution in [0.4, 0.5) is 4.79 Å². The van der Waals surface area contributed by atoms with Crippen molar-refractivity contribution in [2.24, 2.45) is 11.3 Å². The first-order chi connectivity index (χ1) is 11.0. The summed E-state index contributed by atoms with van der Waals surface area (Å²) in [5.41, 5.74) is 0.343. The van der Waals surface area contributed by atoms with Crippen molar-refractivity contribution in [3.05, 3.63) is 0 Å². The first-order valence-electron chi connectivity index (χ1n) is 9.18. The number of likely N-dealkylation sites (tertiary alicyclic amines) is 1. The third kappa shape index (κ3) is 4.85. The Bertz CT molecular complexity index is 404. The van der Waals surface area contributed by atoms with Gasteiger partial charge in [-0.05, 0) is 64.2 Å². The summed E-state index contributed by atoms with van der Waals surface area (Å²) in [5.74, 6) is 0.394. The second-order valence-electron chi connectivity index (χ2n) is 7.54. The molecule has 1 aliphatic carbocycles. The van der Waals surface area contributed by atoms with E-state index in [1.165, 1.54) is 0 Å². The zero-order chi connectivity index (χ0) is 16.9. The maximum atomic E-state index is 12.1. The first kappa shape index (κ1) is 18.1. The van der Waals surface area contributed by atoms with Crippen molar-refractivity contribution in [3.63, 3.8) is 0 Å². The molecule has 132 valence electrons. The van der Waals surface area contributed by atoms with Crippen LogP contribution in [0.5, 0.6) is 0 Å². The van der Waals surface area contributed by atoms with E-state index in [0.29, 0.717) is 12.0 Å². The van der Waals surface area contributed by atoms with E-state index in [4.69, 9.17) is 4.74 Å². The van der Waals surface area contributed by atoms with Gasteiger partial charge in [0.25, 0.3) is 0 Å². The van der Waals surface area contributed by atoms with Crippen molar-refractivity contribution in [3.8, 4) is 0 Å². The fourth-order valence-electron chi connectivity index (χ4n) is 3.84. The van der Waals surface area contributed by atoms with Gasteiger partial charge in [0.15, 0.2) is 0 Å². The third-order valence-electron chi connectivity index (χ3n) is 5.36. The SMILES string of the molecule is CCCOC(=O)N1CCC2(CCC(C(=O)NC(C)C)CC2)CC1. The van der Waals surface area contributed by atoms with E-state index in [1.807, 2.05) is 25.7 Å². The van der Waals surface area contributed by atoms with Crippen molar-refractivity contribution >= 4 is 12.0 Å². The lowest BCUT2D eigenvalue weighted by atomic mass is 9.65. The van der Waals surface area contributed by atoms with Gasteiger partial charge in [-0.1, -0.05) is 6.92 Å². The molecule has 2 rings (SSSR count). The highest BCUT2D eigenvalue weighted by Crippen LogP contribution is 2.46. The van der Waals surface area contributed by atoms with Crippen LogP contribution in [0.1, 0.15) is 65.7 Å². The summed E-state index contributed by atoms with van der Waals surface area (Å²) in [6.07, 6.45) is 6.99. The number of ether oxygens (including phenoxy) is 1. The Labute approximate surface area is 140 Å². The monoisotopic (exact) mass is 324 g/mol. The lowest BCUT2D eigenvalue weighted by Gasteiger charge is -2.45. The molecule has 2 fully saturated rings. The number of amides is 2. The van der Waals surface area contributed by atoms with Crippen LogP contribution in [0.3, 0.4) is 0 Å². The number of nitrogens with one attached hydrogen (secondary N) is 1. The van der Waals surface area contributed by atoms with E-state index in [-0.39, 0.29) is 24.0 Å². The summed E-state index contributed by atoms with van der Waals surface area (Å²) >= 11 is 0. The third-order valence-corrected chi connectivity index (χ3v) is 5.36. The van der Waals surface area contributed by atoms with E-state index in [0.717, 1.165) is 58.0 Å². The van der Waals surface area contributed by atoms with Crippen LogP contribution in [0.2, 0.25) is 0 Å². The Morgan fingerprint density at radius 1 is 1.17 bits per heavy atom. The van der Waals surface area contributed by atoms with Gasteiger partial charge in [0.05, 0.1) is 6.61 Å². The number of carbonyl (C=O) groups excluding carboxylic acids is 2. The minimum Gasteiger partial charge on any atom is -0.449 e. The van der Waals surface area contributed by atoms with Gasteiger partial charge in [0.2, 0.25) is 5.91 Å². The van der Waals surface area contributed by atoms with Gasteiger partial charge < -0.3 is 15.0 Å². The second kappa shape index (κ2) is 8.02. The Hall–Kier alpha value is -1.26. The topological polar surface area (TPSA) is 58.6 Å². The molecule has 0 aromatic carbocycles. The molecule has 1 saturated heterocycles. The number of nitrogens with zero attached hydrogens (tertiary/aromatic N) is 1. The van der Waals surface area contributed by atoms with E-state index < -0.39 is 0 Å². The van der Waals surface area contributed by atoms with E-state index >= 15 is 0 Å². The molecule has 2 amide bonds. The van der Waals surface area contributed by atoms with Crippen LogP contribution in [0.15, 0.2) is 0 Å². The van der Waals surface area contributed by atoms with E-state index in [9.17, 15) is 9.59 Å². The molecule has 0 unspecified atom stereocenters. The summed E-state index contributed by atoms with van der Waals surface area (Å²) in [7, 11) is 0. The summed E-state index contributed by atoms with van der Waals surface area (Å²) in [6.45, 7) is 8.13. The molecule has 1 aliphatic heterocycles. The molecule has 2 aliphatic rings. The second-order valence-corrected chi connectivity index (χ2v) is 7.54. The smallest absolute Gasteiger partial charge is 0.409 e. The van der Waals surface area contributed by atoms with Gasteiger partial charge in [-0.25, -0.2) is 4.79 Å². The average molecular weight is 324 g/mol. The maximum Gasteiger partial charge on any atom is 0.409 e. The molecular weight excluding hydrogens is 292 g/mol. The average Bonchev–Trinajstić information content (AvgIpc) is 2.53. The van der Waals surface area contributed by atoms with Crippen LogP contribution >= 0.6 is 0 Å². The van der Waals surface area contributed by atoms with Crippen molar-refractivity contribution < 1.29 is 14.3 Å². The minimum absolute atomic E-state index is 0.160. The summed E-state index contributed by atoms with van der Waals surface area (Å²) in [6, 6.07) is 0.218. The highest BCUT2D eigenvalue weighted by atomic mass is 16.6. The highest BCUT2D eigenvalue weighted by Gasteiger charge is 2.40. The zero-order valence-electron chi connectivity index (χ0n) is 14.9. The summed E-state index contributed by atoms with van der Waals surface area (Å²) < 4.78 is 5.23. The van der Waals surface area contributed by atoms with Crippen molar-refractivity contribution in [2.45, 2.75) is 71.8 Å².